The summed E-state index contributed by atoms with van der Waals surface area (Å²) in [5.41, 5.74) is 1.50. The van der Waals surface area contributed by atoms with Crippen molar-refractivity contribution in [2.45, 2.75) is 49.8 Å². The van der Waals surface area contributed by atoms with E-state index in [1.165, 1.54) is 43.4 Å². The Kier molecular flexibility index (Phi) is 3.99. The highest BCUT2D eigenvalue weighted by molar-refractivity contribution is 7.99. The largest absolute Gasteiger partial charge is 0.337 e. The Hall–Kier alpha value is -1.16. The molecular weight excluding hydrogens is 328 g/mol. The van der Waals surface area contributed by atoms with E-state index in [0.717, 1.165) is 48.7 Å². The number of nitrogens with one attached hydrogen (secondary N) is 1. The van der Waals surface area contributed by atoms with Crippen LogP contribution in [0.25, 0.3) is 0 Å². The van der Waals surface area contributed by atoms with Crippen LogP contribution in [-0.2, 0) is 0 Å². The molecule has 1 aromatic carbocycles. The van der Waals surface area contributed by atoms with Crippen LogP contribution in [0, 0.1) is 23.2 Å². The average Bonchev–Trinajstić information content (AvgIpc) is 2.81. The molecule has 4 fully saturated rings. The summed E-state index contributed by atoms with van der Waals surface area (Å²) < 4.78 is 0. The van der Waals surface area contributed by atoms with Gasteiger partial charge in [0.1, 0.15) is 0 Å². The second-order valence-electron chi connectivity index (χ2n) is 8.90. The first-order valence-electron chi connectivity index (χ1n) is 9.98. The Balaban J connectivity index is 1.30. The smallest absolute Gasteiger partial charge is 0.321 e. The van der Waals surface area contributed by atoms with Crippen molar-refractivity contribution >= 4 is 23.5 Å². The average molecular weight is 357 g/mol. The van der Waals surface area contributed by atoms with Gasteiger partial charge in [-0.2, -0.15) is 0 Å². The van der Waals surface area contributed by atoms with E-state index < -0.39 is 0 Å². The number of carbonyl (C=O) groups excluding carboxylic acids is 1. The van der Waals surface area contributed by atoms with Gasteiger partial charge < -0.3 is 5.32 Å². The molecule has 2 amide bonds. The number of hydrogen-bond donors (Lipinski definition) is 1. The Morgan fingerprint density at radius 1 is 1.12 bits per heavy atom. The van der Waals surface area contributed by atoms with Crippen LogP contribution in [0.15, 0.2) is 29.2 Å². The lowest BCUT2D eigenvalue weighted by Crippen LogP contribution is -2.53. The first-order valence-corrected chi connectivity index (χ1v) is 11.0. The van der Waals surface area contributed by atoms with E-state index in [4.69, 9.17) is 0 Å². The number of carbonyl (C=O) groups is 1. The summed E-state index contributed by atoms with van der Waals surface area (Å²) in [4.78, 5) is 16.2. The normalized spacial score (nSPS) is 36.0. The molecule has 1 aliphatic heterocycles. The van der Waals surface area contributed by atoms with Gasteiger partial charge in [-0.05, 0) is 86.0 Å². The lowest BCUT2D eigenvalue weighted by Gasteiger charge is -2.57. The number of rotatable bonds is 2. The monoisotopic (exact) mass is 356 g/mol. The third kappa shape index (κ3) is 2.97. The molecule has 4 bridgehead atoms. The molecule has 5 aliphatic rings. The van der Waals surface area contributed by atoms with E-state index >= 15 is 0 Å². The van der Waals surface area contributed by atoms with Crippen LogP contribution in [-0.4, -0.2) is 24.9 Å². The summed E-state index contributed by atoms with van der Waals surface area (Å²) in [6.07, 6.45) is 9.51. The predicted molar refractivity (Wildman–Crippen MR) is 103 cm³/mol. The van der Waals surface area contributed by atoms with Gasteiger partial charge in [0.05, 0.1) is 5.69 Å². The Morgan fingerprint density at radius 2 is 1.80 bits per heavy atom. The van der Waals surface area contributed by atoms with Gasteiger partial charge in [-0.15, -0.1) is 11.8 Å². The SMILES string of the molecule is O=C(NCC12CC3CC(CC(C3)C1)C2)N1CCCSc2ccccc21. The van der Waals surface area contributed by atoms with Crippen LogP contribution in [0.2, 0.25) is 0 Å². The fourth-order valence-corrected chi connectivity index (χ4v) is 7.40. The lowest BCUT2D eigenvalue weighted by molar-refractivity contribution is -0.0497. The van der Waals surface area contributed by atoms with Crippen molar-refractivity contribution in [2.24, 2.45) is 23.2 Å². The fraction of sp³-hybridized carbons (Fsp3) is 0.667. The number of para-hydroxylation sites is 1. The molecule has 4 saturated carbocycles. The third-order valence-electron chi connectivity index (χ3n) is 6.96. The van der Waals surface area contributed by atoms with Crippen molar-refractivity contribution in [3.05, 3.63) is 24.3 Å². The molecule has 0 radical (unpaired) electrons. The number of thioether (sulfide) groups is 1. The molecule has 134 valence electrons. The van der Waals surface area contributed by atoms with Crippen LogP contribution in [0.5, 0.6) is 0 Å². The summed E-state index contributed by atoms with van der Waals surface area (Å²) in [6, 6.07) is 8.47. The van der Waals surface area contributed by atoms with Crippen molar-refractivity contribution in [2.75, 3.05) is 23.7 Å². The second kappa shape index (κ2) is 6.22. The van der Waals surface area contributed by atoms with Crippen LogP contribution in [0.4, 0.5) is 10.5 Å². The molecule has 4 aliphatic carbocycles. The first-order chi connectivity index (χ1) is 12.2. The van der Waals surface area contributed by atoms with Crippen LogP contribution in [0.1, 0.15) is 44.9 Å². The van der Waals surface area contributed by atoms with Gasteiger partial charge in [0.2, 0.25) is 0 Å². The minimum atomic E-state index is 0.116. The summed E-state index contributed by atoms with van der Waals surface area (Å²) in [7, 11) is 0. The predicted octanol–water partition coefficient (Wildman–Crippen LogP) is 4.91. The van der Waals surface area contributed by atoms with Crippen LogP contribution >= 0.6 is 11.8 Å². The zero-order valence-corrected chi connectivity index (χ0v) is 15.7. The Bertz CT molecular complexity index is 638. The maximum Gasteiger partial charge on any atom is 0.321 e. The number of urea groups is 1. The summed E-state index contributed by atoms with van der Waals surface area (Å²) in [5.74, 6) is 3.92. The van der Waals surface area contributed by atoms with Crippen molar-refractivity contribution in [3.8, 4) is 0 Å². The molecule has 4 heteroatoms. The van der Waals surface area contributed by atoms with Crippen molar-refractivity contribution in [1.29, 1.82) is 0 Å². The quantitative estimate of drug-likeness (QED) is 0.816. The molecule has 0 unspecified atom stereocenters. The molecule has 1 heterocycles. The maximum absolute atomic E-state index is 13.0. The molecule has 0 spiro atoms. The summed E-state index contributed by atoms with van der Waals surface area (Å²) >= 11 is 1.87. The lowest BCUT2D eigenvalue weighted by atomic mass is 9.49. The van der Waals surface area contributed by atoms with Gasteiger partial charge >= 0.3 is 6.03 Å². The zero-order valence-electron chi connectivity index (χ0n) is 14.9. The van der Waals surface area contributed by atoms with E-state index in [-0.39, 0.29) is 6.03 Å². The van der Waals surface area contributed by atoms with Gasteiger partial charge in [0, 0.05) is 18.0 Å². The number of fused-ring (bicyclic) bond motifs is 1. The van der Waals surface area contributed by atoms with Crippen LogP contribution < -0.4 is 10.2 Å². The van der Waals surface area contributed by atoms with Gasteiger partial charge in [0.15, 0.2) is 0 Å². The van der Waals surface area contributed by atoms with Crippen LogP contribution in [0.3, 0.4) is 0 Å². The van der Waals surface area contributed by atoms with Gasteiger partial charge in [-0.25, -0.2) is 4.79 Å². The van der Waals surface area contributed by atoms with Gasteiger partial charge in [-0.3, -0.25) is 4.90 Å². The highest BCUT2D eigenvalue weighted by Crippen LogP contribution is 2.59. The highest BCUT2D eigenvalue weighted by Gasteiger charge is 2.50. The van der Waals surface area contributed by atoms with E-state index in [0.29, 0.717) is 5.41 Å². The molecule has 25 heavy (non-hydrogen) atoms. The summed E-state index contributed by atoms with van der Waals surface area (Å²) in [5, 5.41) is 3.36. The Labute approximate surface area is 154 Å². The summed E-state index contributed by atoms with van der Waals surface area (Å²) in [6.45, 7) is 1.72. The minimum absolute atomic E-state index is 0.116. The first kappa shape index (κ1) is 16.0. The molecule has 1 aromatic rings. The molecule has 3 nitrogen and oxygen atoms in total. The number of anilines is 1. The molecule has 6 rings (SSSR count). The molecular formula is C21H28N2OS. The highest BCUT2D eigenvalue weighted by atomic mass is 32.2. The van der Waals surface area contributed by atoms with E-state index in [1.54, 1.807) is 0 Å². The Morgan fingerprint density at radius 3 is 2.52 bits per heavy atom. The second-order valence-corrected chi connectivity index (χ2v) is 10.0. The number of amides is 2. The van der Waals surface area contributed by atoms with Gasteiger partial charge in [-0.1, -0.05) is 12.1 Å². The van der Waals surface area contributed by atoms with E-state index in [9.17, 15) is 4.79 Å². The topological polar surface area (TPSA) is 32.3 Å². The number of benzene rings is 1. The molecule has 0 aromatic heterocycles. The van der Waals surface area contributed by atoms with Crippen molar-refractivity contribution < 1.29 is 4.79 Å². The van der Waals surface area contributed by atoms with E-state index in [2.05, 4.69) is 23.5 Å². The molecule has 0 saturated heterocycles. The third-order valence-corrected chi connectivity index (χ3v) is 8.11. The van der Waals surface area contributed by atoms with E-state index in [1.807, 2.05) is 22.7 Å². The molecule has 0 atom stereocenters. The van der Waals surface area contributed by atoms with Gasteiger partial charge in [0.25, 0.3) is 0 Å². The molecule has 1 N–H and O–H groups in total. The standard InChI is InChI=1S/C21H28N2OS/c24-20(23-6-3-7-25-19-5-2-1-4-18(19)23)22-14-21-11-15-8-16(12-21)10-17(9-15)13-21/h1-2,4-5,15-17H,3,6-14H2,(H,22,24). The number of hydrogen-bond acceptors (Lipinski definition) is 2. The minimum Gasteiger partial charge on any atom is -0.337 e. The fourth-order valence-electron chi connectivity index (χ4n) is 6.40. The number of nitrogens with zero attached hydrogens (tertiary/aromatic N) is 1. The zero-order chi connectivity index (χ0) is 16.9. The van der Waals surface area contributed by atoms with Crippen molar-refractivity contribution in [1.82, 2.24) is 5.32 Å². The van der Waals surface area contributed by atoms with Crippen molar-refractivity contribution in [3.63, 3.8) is 0 Å². The maximum atomic E-state index is 13.0.